The van der Waals surface area contributed by atoms with E-state index in [2.05, 4.69) is 36.4 Å². The van der Waals surface area contributed by atoms with Crippen LogP contribution in [0.1, 0.15) is 11.1 Å². The van der Waals surface area contributed by atoms with E-state index in [1.807, 2.05) is 85.0 Å². The molecule has 0 bridgehead atoms. The molecule has 0 nitrogen and oxygen atoms in total. The van der Waals surface area contributed by atoms with Crippen LogP contribution in [0.2, 0.25) is 0 Å². The van der Waals surface area contributed by atoms with Crippen LogP contribution in [-0.2, 0) is 0 Å². The molecular formula is C22H20. The third-order valence-electron chi connectivity index (χ3n) is 2.95. The summed E-state index contributed by atoms with van der Waals surface area (Å²) in [5, 5.41) is 0. The van der Waals surface area contributed by atoms with Gasteiger partial charge in [-0.3, -0.25) is 0 Å². The predicted molar refractivity (Wildman–Crippen MR) is 98.4 cm³/mol. The van der Waals surface area contributed by atoms with Crippen molar-refractivity contribution in [2.24, 2.45) is 0 Å². The van der Waals surface area contributed by atoms with Crippen molar-refractivity contribution < 1.29 is 0 Å². The fraction of sp³-hybridized carbons (Fsp3) is 0. The van der Waals surface area contributed by atoms with Crippen molar-refractivity contribution in [1.29, 1.82) is 0 Å². The highest BCUT2D eigenvalue weighted by Gasteiger charge is 1.80. The summed E-state index contributed by atoms with van der Waals surface area (Å²) in [6, 6.07) is 20.5. The number of hydrogen-bond donors (Lipinski definition) is 0. The SMILES string of the molecule is C(=C\C=C\C=C\c1ccccc1)/C=C/C=C/c1ccccc1. The standard InChI is InChI=1S/C22H20/c1(3-5-9-15-21-17-11-7-12-18-21)2-4-6-10-16-22-19-13-8-14-20-22/h1-20H/b2-1+,5-3+,6-4+,15-9+,16-10+. The van der Waals surface area contributed by atoms with E-state index in [0.717, 1.165) is 0 Å². The third kappa shape index (κ3) is 6.53. The first-order valence-electron chi connectivity index (χ1n) is 7.40. The Morgan fingerprint density at radius 1 is 0.364 bits per heavy atom. The van der Waals surface area contributed by atoms with Gasteiger partial charge in [0.2, 0.25) is 0 Å². The molecule has 0 amide bonds. The lowest BCUT2D eigenvalue weighted by molar-refractivity contribution is 1.66. The fourth-order valence-electron chi connectivity index (χ4n) is 1.85. The molecule has 2 rings (SSSR count). The van der Waals surface area contributed by atoms with Gasteiger partial charge < -0.3 is 0 Å². The summed E-state index contributed by atoms with van der Waals surface area (Å²) in [6.07, 6.45) is 20.4. The van der Waals surface area contributed by atoms with Crippen LogP contribution in [0.15, 0.2) is 109 Å². The Bertz CT molecular complexity index is 607. The van der Waals surface area contributed by atoms with E-state index in [1.54, 1.807) is 0 Å². The maximum absolute atomic E-state index is 2.09. The molecule has 0 aliphatic carbocycles. The Labute approximate surface area is 133 Å². The molecule has 0 heteroatoms. The minimum atomic E-state index is 1.21. The van der Waals surface area contributed by atoms with Gasteiger partial charge >= 0.3 is 0 Å². The lowest BCUT2D eigenvalue weighted by Crippen LogP contribution is -1.66. The summed E-state index contributed by atoms with van der Waals surface area (Å²) in [7, 11) is 0. The minimum Gasteiger partial charge on any atom is -0.0623 e. The highest BCUT2D eigenvalue weighted by atomic mass is 13.9. The highest BCUT2D eigenvalue weighted by molar-refractivity contribution is 5.51. The lowest BCUT2D eigenvalue weighted by atomic mass is 10.2. The van der Waals surface area contributed by atoms with Gasteiger partial charge in [-0.2, -0.15) is 0 Å². The summed E-state index contributed by atoms with van der Waals surface area (Å²) < 4.78 is 0. The molecule has 0 aliphatic rings. The van der Waals surface area contributed by atoms with Crippen LogP contribution in [0.3, 0.4) is 0 Å². The van der Waals surface area contributed by atoms with Gasteiger partial charge in [0, 0.05) is 0 Å². The summed E-state index contributed by atoms with van der Waals surface area (Å²) in [6.45, 7) is 0. The Morgan fingerprint density at radius 3 is 1.05 bits per heavy atom. The normalized spacial score (nSPS) is 12.5. The van der Waals surface area contributed by atoms with Gasteiger partial charge in [0.1, 0.15) is 0 Å². The van der Waals surface area contributed by atoms with E-state index in [1.165, 1.54) is 11.1 Å². The number of hydrogen-bond acceptors (Lipinski definition) is 0. The van der Waals surface area contributed by atoms with Crippen molar-refractivity contribution in [2.75, 3.05) is 0 Å². The second-order valence-electron chi connectivity index (χ2n) is 4.69. The van der Waals surface area contributed by atoms with Crippen LogP contribution in [0, 0.1) is 0 Å². The van der Waals surface area contributed by atoms with Crippen LogP contribution in [0.5, 0.6) is 0 Å². The molecule has 0 heterocycles. The van der Waals surface area contributed by atoms with E-state index in [-0.39, 0.29) is 0 Å². The molecule has 0 atom stereocenters. The second-order valence-corrected chi connectivity index (χ2v) is 4.69. The van der Waals surface area contributed by atoms with Gasteiger partial charge in [-0.1, -0.05) is 121 Å². The zero-order valence-corrected chi connectivity index (χ0v) is 12.5. The summed E-state index contributed by atoms with van der Waals surface area (Å²) >= 11 is 0. The first-order chi connectivity index (χ1) is 10.9. The molecule has 0 N–H and O–H groups in total. The monoisotopic (exact) mass is 284 g/mol. The Hall–Kier alpha value is -2.86. The number of benzene rings is 2. The van der Waals surface area contributed by atoms with Crippen LogP contribution in [0.25, 0.3) is 12.2 Å². The van der Waals surface area contributed by atoms with Gasteiger partial charge in [0.05, 0.1) is 0 Å². The summed E-state index contributed by atoms with van der Waals surface area (Å²) in [5.74, 6) is 0. The van der Waals surface area contributed by atoms with Crippen molar-refractivity contribution in [1.82, 2.24) is 0 Å². The lowest BCUT2D eigenvalue weighted by Gasteiger charge is -1.88. The average molecular weight is 284 g/mol. The van der Waals surface area contributed by atoms with E-state index < -0.39 is 0 Å². The Kier molecular flexibility index (Phi) is 7.02. The molecule has 0 radical (unpaired) electrons. The first kappa shape index (κ1) is 15.5. The highest BCUT2D eigenvalue weighted by Crippen LogP contribution is 2.01. The van der Waals surface area contributed by atoms with Crippen LogP contribution in [0.4, 0.5) is 0 Å². The van der Waals surface area contributed by atoms with Crippen LogP contribution < -0.4 is 0 Å². The first-order valence-corrected chi connectivity index (χ1v) is 7.40. The van der Waals surface area contributed by atoms with E-state index in [4.69, 9.17) is 0 Å². The van der Waals surface area contributed by atoms with Crippen molar-refractivity contribution in [3.8, 4) is 0 Å². The molecule has 0 aromatic heterocycles. The molecule has 108 valence electrons. The molecule has 22 heavy (non-hydrogen) atoms. The zero-order valence-electron chi connectivity index (χ0n) is 12.5. The van der Waals surface area contributed by atoms with Gasteiger partial charge in [0.15, 0.2) is 0 Å². The quantitative estimate of drug-likeness (QED) is 0.564. The largest absolute Gasteiger partial charge is 0.0623 e. The zero-order chi connectivity index (χ0) is 15.3. The Morgan fingerprint density at radius 2 is 0.682 bits per heavy atom. The van der Waals surface area contributed by atoms with E-state index in [9.17, 15) is 0 Å². The number of rotatable bonds is 6. The fourth-order valence-corrected chi connectivity index (χ4v) is 1.85. The summed E-state index contributed by atoms with van der Waals surface area (Å²) in [4.78, 5) is 0. The molecule has 0 spiro atoms. The van der Waals surface area contributed by atoms with Gasteiger partial charge in [0.25, 0.3) is 0 Å². The van der Waals surface area contributed by atoms with Crippen LogP contribution >= 0.6 is 0 Å². The predicted octanol–water partition coefficient (Wildman–Crippen LogP) is 6.08. The van der Waals surface area contributed by atoms with E-state index >= 15 is 0 Å². The molecule has 0 unspecified atom stereocenters. The van der Waals surface area contributed by atoms with Gasteiger partial charge in [-0.05, 0) is 11.1 Å². The molecule has 2 aromatic carbocycles. The van der Waals surface area contributed by atoms with Crippen molar-refractivity contribution in [3.63, 3.8) is 0 Å². The molecule has 0 aliphatic heterocycles. The van der Waals surface area contributed by atoms with Crippen molar-refractivity contribution >= 4 is 12.2 Å². The molecule has 2 aromatic rings. The second kappa shape index (κ2) is 9.95. The van der Waals surface area contributed by atoms with E-state index in [0.29, 0.717) is 0 Å². The van der Waals surface area contributed by atoms with Crippen molar-refractivity contribution in [2.45, 2.75) is 0 Å². The average Bonchev–Trinajstić information content (AvgIpc) is 2.58. The number of allylic oxidation sites excluding steroid dienone is 8. The molecule has 0 saturated heterocycles. The molecular weight excluding hydrogens is 264 g/mol. The Balaban J connectivity index is 1.71. The maximum atomic E-state index is 2.09. The topological polar surface area (TPSA) is 0 Å². The minimum absolute atomic E-state index is 1.21. The van der Waals surface area contributed by atoms with Crippen molar-refractivity contribution in [3.05, 3.63) is 120 Å². The molecule has 0 saturated carbocycles. The maximum Gasteiger partial charge on any atom is -0.0257 e. The van der Waals surface area contributed by atoms with Gasteiger partial charge in [-0.15, -0.1) is 0 Å². The third-order valence-corrected chi connectivity index (χ3v) is 2.95. The molecule has 0 fully saturated rings. The smallest absolute Gasteiger partial charge is 0.0257 e. The van der Waals surface area contributed by atoms with Crippen LogP contribution in [-0.4, -0.2) is 0 Å². The van der Waals surface area contributed by atoms with Gasteiger partial charge in [-0.25, -0.2) is 0 Å². The summed E-state index contributed by atoms with van der Waals surface area (Å²) in [5.41, 5.74) is 2.42.